The van der Waals surface area contributed by atoms with Crippen molar-refractivity contribution in [2.75, 3.05) is 32.7 Å². The average molecular weight is 308 g/mol. The van der Waals surface area contributed by atoms with Crippen molar-refractivity contribution in [3.05, 3.63) is 0 Å². The lowest BCUT2D eigenvalue weighted by molar-refractivity contribution is -0.122. The molecule has 1 unspecified atom stereocenters. The van der Waals surface area contributed by atoms with Gasteiger partial charge in [0.25, 0.3) is 0 Å². The molecule has 4 nitrogen and oxygen atoms in total. The van der Waals surface area contributed by atoms with E-state index in [-0.39, 0.29) is 0 Å². The largest absolute Gasteiger partial charge is 0.302 e. The van der Waals surface area contributed by atoms with Crippen LogP contribution in [-0.4, -0.2) is 60.1 Å². The molecule has 126 valence electrons. The first-order chi connectivity index (χ1) is 10.7. The number of hydrogen-bond donors (Lipinski definition) is 0. The van der Waals surface area contributed by atoms with Crippen LogP contribution in [0, 0.1) is 0 Å². The zero-order chi connectivity index (χ0) is 15.8. The monoisotopic (exact) mass is 308 g/mol. The van der Waals surface area contributed by atoms with Crippen molar-refractivity contribution in [2.45, 2.75) is 70.8 Å². The van der Waals surface area contributed by atoms with Gasteiger partial charge in [-0.1, -0.05) is 19.8 Å². The van der Waals surface area contributed by atoms with E-state index < -0.39 is 0 Å². The standard InChI is InChI=1S/C18H32N2O2/c1-2-3-5-16(20-14-9-18(22)10-15-20)6-4-11-19-12-7-17(21)8-13-19/h16H,2-15H2,1H3. The van der Waals surface area contributed by atoms with Crippen LogP contribution in [0.3, 0.4) is 0 Å². The molecule has 2 heterocycles. The normalized spacial score (nSPS) is 23.0. The minimum absolute atomic E-state index is 0.426. The summed E-state index contributed by atoms with van der Waals surface area (Å²) in [7, 11) is 0. The van der Waals surface area contributed by atoms with E-state index in [4.69, 9.17) is 0 Å². The van der Waals surface area contributed by atoms with Crippen LogP contribution in [0.25, 0.3) is 0 Å². The highest BCUT2D eigenvalue weighted by molar-refractivity contribution is 5.79. The number of hydrogen-bond acceptors (Lipinski definition) is 4. The number of ketones is 2. The van der Waals surface area contributed by atoms with Gasteiger partial charge in [0.15, 0.2) is 0 Å². The number of carbonyl (C=O) groups is 2. The van der Waals surface area contributed by atoms with E-state index in [1.54, 1.807) is 0 Å². The van der Waals surface area contributed by atoms with Gasteiger partial charge in [-0.3, -0.25) is 14.5 Å². The third-order valence-electron chi connectivity index (χ3n) is 5.19. The number of nitrogens with zero attached hydrogens (tertiary/aromatic N) is 2. The second-order valence-corrected chi connectivity index (χ2v) is 6.89. The molecule has 2 fully saturated rings. The van der Waals surface area contributed by atoms with Crippen LogP contribution < -0.4 is 0 Å². The molecule has 0 amide bonds. The second kappa shape index (κ2) is 9.41. The van der Waals surface area contributed by atoms with E-state index in [9.17, 15) is 9.59 Å². The Morgan fingerprint density at radius 1 is 0.864 bits per heavy atom. The zero-order valence-corrected chi connectivity index (χ0v) is 14.2. The summed E-state index contributed by atoms with van der Waals surface area (Å²) in [5, 5.41) is 0. The van der Waals surface area contributed by atoms with Gasteiger partial charge in [0, 0.05) is 57.9 Å². The molecule has 0 aliphatic carbocycles. The maximum Gasteiger partial charge on any atom is 0.135 e. The van der Waals surface area contributed by atoms with Crippen LogP contribution in [0.15, 0.2) is 0 Å². The summed E-state index contributed by atoms with van der Waals surface area (Å²) in [4.78, 5) is 27.7. The maximum atomic E-state index is 11.4. The van der Waals surface area contributed by atoms with Crippen molar-refractivity contribution in [1.29, 1.82) is 0 Å². The molecule has 0 spiro atoms. The lowest BCUT2D eigenvalue weighted by Gasteiger charge is -2.35. The third kappa shape index (κ3) is 5.81. The van der Waals surface area contributed by atoms with Crippen molar-refractivity contribution in [1.82, 2.24) is 9.80 Å². The van der Waals surface area contributed by atoms with Crippen molar-refractivity contribution in [2.24, 2.45) is 0 Å². The van der Waals surface area contributed by atoms with E-state index in [0.717, 1.165) is 58.4 Å². The molecule has 0 saturated carbocycles. The van der Waals surface area contributed by atoms with Gasteiger partial charge in [0.05, 0.1) is 0 Å². The highest BCUT2D eigenvalue weighted by atomic mass is 16.1. The summed E-state index contributed by atoms with van der Waals surface area (Å²) < 4.78 is 0. The van der Waals surface area contributed by atoms with Crippen LogP contribution in [-0.2, 0) is 9.59 Å². The Bertz CT molecular complexity index is 350. The van der Waals surface area contributed by atoms with Crippen molar-refractivity contribution >= 4 is 11.6 Å². The van der Waals surface area contributed by atoms with Gasteiger partial charge in [-0.2, -0.15) is 0 Å². The lowest BCUT2D eigenvalue weighted by atomic mass is 9.99. The SMILES string of the molecule is CCCCC(CCCN1CCC(=O)CC1)N1CCC(=O)CC1. The topological polar surface area (TPSA) is 40.6 Å². The Labute approximate surface area is 135 Å². The summed E-state index contributed by atoms with van der Waals surface area (Å²) in [5.41, 5.74) is 0. The minimum atomic E-state index is 0.426. The van der Waals surface area contributed by atoms with Crippen molar-refractivity contribution in [3.8, 4) is 0 Å². The Morgan fingerprint density at radius 2 is 1.41 bits per heavy atom. The average Bonchev–Trinajstić information content (AvgIpc) is 2.53. The van der Waals surface area contributed by atoms with E-state index in [1.165, 1.54) is 32.1 Å². The summed E-state index contributed by atoms with van der Waals surface area (Å²) in [5.74, 6) is 0.860. The van der Waals surface area contributed by atoms with Gasteiger partial charge in [-0.25, -0.2) is 0 Å². The molecule has 22 heavy (non-hydrogen) atoms. The van der Waals surface area contributed by atoms with Crippen LogP contribution in [0.1, 0.15) is 64.7 Å². The Hall–Kier alpha value is -0.740. The third-order valence-corrected chi connectivity index (χ3v) is 5.19. The van der Waals surface area contributed by atoms with Gasteiger partial charge < -0.3 is 4.90 Å². The second-order valence-electron chi connectivity index (χ2n) is 6.89. The summed E-state index contributed by atoms with van der Waals surface area (Å²) >= 11 is 0. The fraction of sp³-hybridized carbons (Fsp3) is 0.889. The quantitative estimate of drug-likeness (QED) is 0.691. The lowest BCUT2D eigenvalue weighted by Crippen LogP contribution is -2.42. The molecule has 0 aromatic heterocycles. The maximum absolute atomic E-state index is 11.4. The fourth-order valence-corrected chi connectivity index (χ4v) is 3.66. The molecular weight excluding hydrogens is 276 g/mol. The molecule has 0 bridgehead atoms. The highest BCUT2D eigenvalue weighted by Crippen LogP contribution is 2.19. The molecule has 2 aliphatic rings. The van der Waals surface area contributed by atoms with E-state index in [1.807, 2.05) is 0 Å². The summed E-state index contributed by atoms with van der Waals surface area (Å²) in [6, 6.07) is 0.652. The smallest absolute Gasteiger partial charge is 0.135 e. The number of unbranched alkanes of at least 4 members (excludes halogenated alkanes) is 1. The van der Waals surface area contributed by atoms with Crippen LogP contribution >= 0.6 is 0 Å². The van der Waals surface area contributed by atoms with Gasteiger partial charge in [0.2, 0.25) is 0 Å². The van der Waals surface area contributed by atoms with E-state index >= 15 is 0 Å². The van der Waals surface area contributed by atoms with Crippen molar-refractivity contribution in [3.63, 3.8) is 0 Å². The molecule has 0 radical (unpaired) electrons. The van der Waals surface area contributed by atoms with Gasteiger partial charge in [0.1, 0.15) is 11.6 Å². The molecule has 2 rings (SSSR count). The Balaban J connectivity index is 1.71. The number of piperidine rings is 2. The van der Waals surface area contributed by atoms with Crippen LogP contribution in [0.5, 0.6) is 0 Å². The molecule has 2 aliphatic heterocycles. The summed E-state index contributed by atoms with van der Waals surface area (Å²) in [6.45, 7) is 7.22. The molecule has 4 heteroatoms. The Morgan fingerprint density at radius 3 is 2.00 bits per heavy atom. The number of likely N-dealkylation sites (tertiary alicyclic amines) is 2. The molecule has 2 saturated heterocycles. The fourth-order valence-electron chi connectivity index (χ4n) is 3.66. The Kier molecular flexibility index (Phi) is 7.53. The molecule has 0 N–H and O–H groups in total. The van der Waals surface area contributed by atoms with E-state index in [2.05, 4.69) is 16.7 Å². The number of carbonyl (C=O) groups excluding carboxylic acids is 2. The van der Waals surface area contributed by atoms with Crippen molar-refractivity contribution < 1.29 is 9.59 Å². The first-order valence-electron chi connectivity index (χ1n) is 9.19. The van der Waals surface area contributed by atoms with Crippen LogP contribution in [0.2, 0.25) is 0 Å². The van der Waals surface area contributed by atoms with Gasteiger partial charge >= 0.3 is 0 Å². The zero-order valence-electron chi connectivity index (χ0n) is 14.2. The van der Waals surface area contributed by atoms with E-state index in [0.29, 0.717) is 17.6 Å². The molecule has 1 atom stereocenters. The molecule has 0 aromatic carbocycles. The predicted molar refractivity (Wildman–Crippen MR) is 89.0 cm³/mol. The predicted octanol–water partition coefficient (Wildman–Crippen LogP) is 2.66. The van der Waals surface area contributed by atoms with Crippen LogP contribution in [0.4, 0.5) is 0 Å². The van der Waals surface area contributed by atoms with Gasteiger partial charge in [-0.15, -0.1) is 0 Å². The first-order valence-corrected chi connectivity index (χ1v) is 9.19. The van der Waals surface area contributed by atoms with Gasteiger partial charge in [-0.05, 0) is 25.8 Å². The number of rotatable bonds is 8. The molecular formula is C18H32N2O2. The summed E-state index contributed by atoms with van der Waals surface area (Å²) in [6.07, 6.45) is 9.23. The number of Topliss-reactive ketones (excluding diaryl/α,β-unsaturated/α-hetero) is 2. The minimum Gasteiger partial charge on any atom is -0.302 e. The molecule has 0 aromatic rings. The highest BCUT2D eigenvalue weighted by Gasteiger charge is 2.23. The first kappa shape index (κ1) is 17.6.